The van der Waals surface area contributed by atoms with Crippen molar-refractivity contribution in [1.82, 2.24) is 10.2 Å². The second-order valence-corrected chi connectivity index (χ2v) is 4.83. The Bertz CT molecular complexity index is 616. The summed E-state index contributed by atoms with van der Waals surface area (Å²) in [7, 11) is 0. The number of nitrogens with zero attached hydrogens (tertiary/aromatic N) is 3. The van der Waals surface area contributed by atoms with E-state index in [0.29, 0.717) is 5.82 Å². The Kier molecular flexibility index (Phi) is 3.33. The lowest BCUT2D eigenvalue weighted by atomic mass is 10.0. The molecular weight excluding hydrogens is 254 g/mol. The van der Waals surface area contributed by atoms with Gasteiger partial charge < -0.3 is 10.0 Å². The Morgan fingerprint density at radius 1 is 1.10 bits per heavy atom. The maximum Gasteiger partial charge on any atom is 0.339 e. The van der Waals surface area contributed by atoms with E-state index in [-0.39, 0.29) is 5.56 Å². The van der Waals surface area contributed by atoms with Crippen LogP contribution in [0.25, 0.3) is 0 Å². The van der Waals surface area contributed by atoms with E-state index >= 15 is 0 Å². The maximum absolute atomic E-state index is 11.3. The van der Waals surface area contributed by atoms with Crippen molar-refractivity contribution in [3.8, 4) is 0 Å². The van der Waals surface area contributed by atoms with Crippen LogP contribution in [0.3, 0.4) is 0 Å². The Labute approximate surface area is 116 Å². The quantitative estimate of drug-likeness (QED) is 0.900. The lowest BCUT2D eigenvalue weighted by molar-refractivity contribution is 0.0697. The van der Waals surface area contributed by atoms with Crippen LogP contribution >= 0.6 is 0 Å². The summed E-state index contributed by atoms with van der Waals surface area (Å²) in [6, 6.07) is 9.85. The fraction of sp³-hybridized carbons (Fsp3) is 0.267. The summed E-state index contributed by atoms with van der Waals surface area (Å²) in [5.41, 5.74) is 2.87. The van der Waals surface area contributed by atoms with Gasteiger partial charge in [0.05, 0.1) is 6.20 Å². The zero-order chi connectivity index (χ0) is 13.9. The molecule has 1 aliphatic heterocycles. The molecule has 0 bridgehead atoms. The zero-order valence-electron chi connectivity index (χ0n) is 11.0. The van der Waals surface area contributed by atoms with Gasteiger partial charge in [0.1, 0.15) is 5.56 Å². The number of aromatic nitrogens is 2. The maximum atomic E-state index is 11.3. The van der Waals surface area contributed by atoms with Gasteiger partial charge in [-0.05, 0) is 30.0 Å². The molecule has 0 aliphatic carbocycles. The molecule has 5 heteroatoms. The molecule has 1 aliphatic rings. The number of fused-ring (bicyclic) bond motifs is 1. The summed E-state index contributed by atoms with van der Waals surface area (Å²) in [5, 5.41) is 17.1. The second-order valence-electron chi connectivity index (χ2n) is 4.83. The average molecular weight is 269 g/mol. The summed E-state index contributed by atoms with van der Waals surface area (Å²) in [6.45, 7) is 1.52. The molecule has 20 heavy (non-hydrogen) atoms. The topological polar surface area (TPSA) is 66.3 Å². The highest BCUT2D eigenvalue weighted by molar-refractivity contribution is 5.93. The Balaban J connectivity index is 1.89. The Morgan fingerprint density at radius 2 is 1.75 bits per heavy atom. The molecule has 3 rings (SSSR count). The van der Waals surface area contributed by atoms with Crippen molar-refractivity contribution in [1.29, 1.82) is 0 Å². The molecule has 2 heterocycles. The number of hydrogen-bond acceptors (Lipinski definition) is 4. The van der Waals surface area contributed by atoms with Crippen LogP contribution in [-0.4, -0.2) is 34.4 Å². The first-order chi connectivity index (χ1) is 9.75. The summed E-state index contributed by atoms with van der Waals surface area (Å²) in [4.78, 5) is 13.3. The summed E-state index contributed by atoms with van der Waals surface area (Å²) in [6.07, 6.45) is 3.21. The highest BCUT2D eigenvalue weighted by atomic mass is 16.4. The number of anilines is 1. The number of carbonyl (C=O) groups is 1. The molecule has 0 amide bonds. The van der Waals surface area contributed by atoms with Crippen LogP contribution in [0, 0.1) is 0 Å². The zero-order valence-corrected chi connectivity index (χ0v) is 11.0. The molecule has 0 spiro atoms. The standard InChI is InChI=1S/C15H15N3O2/c19-15(20)13-5-8-16-17-14(13)18-9-6-11-3-1-2-4-12(11)7-10-18/h1-5,8H,6-7,9-10H2,(H,19,20). The van der Waals surface area contributed by atoms with Crippen molar-refractivity contribution in [2.45, 2.75) is 12.8 Å². The number of benzene rings is 1. The lowest BCUT2D eigenvalue weighted by Crippen LogP contribution is -2.29. The molecule has 0 saturated carbocycles. The van der Waals surface area contributed by atoms with E-state index in [1.807, 2.05) is 17.0 Å². The van der Waals surface area contributed by atoms with E-state index in [1.165, 1.54) is 23.4 Å². The van der Waals surface area contributed by atoms with Crippen LogP contribution in [0.1, 0.15) is 21.5 Å². The smallest absolute Gasteiger partial charge is 0.339 e. The molecular formula is C15H15N3O2. The molecule has 0 atom stereocenters. The van der Waals surface area contributed by atoms with Crippen LogP contribution in [-0.2, 0) is 12.8 Å². The van der Waals surface area contributed by atoms with Gasteiger partial charge >= 0.3 is 5.97 Å². The summed E-state index contributed by atoms with van der Waals surface area (Å²) in [5.74, 6) is -0.496. The van der Waals surface area contributed by atoms with Gasteiger partial charge in [-0.15, -0.1) is 5.10 Å². The number of rotatable bonds is 2. The minimum absolute atomic E-state index is 0.214. The number of hydrogen-bond donors (Lipinski definition) is 1. The highest BCUT2D eigenvalue weighted by Gasteiger charge is 2.20. The highest BCUT2D eigenvalue weighted by Crippen LogP contribution is 2.21. The summed E-state index contributed by atoms with van der Waals surface area (Å²) < 4.78 is 0. The largest absolute Gasteiger partial charge is 0.478 e. The van der Waals surface area contributed by atoms with Crippen molar-refractivity contribution < 1.29 is 9.90 Å². The van der Waals surface area contributed by atoms with Gasteiger partial charge in [0, 0.05) is 13.1 Å². The van der Waals surface area contributed by atoms with Crippen molar-refractivity contribution in [3.05, 3.63) is 53.2 Å². The monoisotopic (exact) mass is 269 g/mol. The Hall–Kier alpha value is -2.43. The first-order valence-electron chi connectivity index (χ1n) is 6.62. The molecule has 0 fully saturated rings. The third-order valence-corrected chi connectivity index (χ3v) is 3.65. The number of carboxylic acids is 1. The van der Waals surface area contributed by atoms with Crippen molar-refractivity contribution in [3.63, 3.8) is 0 Å². The van der Waals surface area contributed by atoms with Crippen LogP contribution in [0.5, 0.6) is 0 Å². The van der Waals surface area contributed by atoms with E-state index in [4.69, 9.17) is 0 Å². The predicted octanol–water partition coefficient (Wildman–Crippen LogP) is 1.78. The molecule has 1 aromatic heterocycles. The minimum Gasteiger partial charge on any atom is -0.478 e. The van der Waals surface area contributed by atoms with Crippen LogP contribution < -0.4 is 4.90 Å². The number of aromatic carboxylic acids is 1. The molecule has 0 saturated heterocycles. The van der Waals surface area contributed by atoms with E-state index in [2.05, 4.69) is 22.3 Å². The van der Waals surface area contributed by atoms with Gasteiger partial charge in [-0.1, -0.05) is 24.3 Å². The van der Waals surface area contributed by atoms with E-state index in [9.17, 15) is 9.90 Å². The van der Waals surface area contributed by atoms with Gasteiger partial charge in [-0.25, -0.2) is 4.79 Å². The van der Waals surface area contributed by atoms with Crippen molar-refractivity contribution in [2.24, 2.45) is 0 Å². The van der Waals surface area contributed by atoms with Crippen LogP contribution in [0.15, 0.2) is 36.5 Å². The first-order valence-corrected chi connectivity index (χ1v) is 6.62. The molecule has 0 radical (unpaired) electrons. The van der Waals surface area contributed by atoms with E-state index in [1.54, 1.807) is 0 Å². The molecule has 2 aromatic rings. The average Bonchev–Trinajstić information content (AvgIpc) is 2.70. The van der Waals surface area contributed by atoms with Gasteiger partial charge in [-0.3, -0.25) is 0 Å². The third-order valence-electron chi connectivity index (χ3n) is 3.65. The lowest BCUT2D eigenvalue weighted by Gasteiger charge is -2.21. The third kappa shape index (κ3) is 2.34. The fourth-order valence-corrected chi connectivity index (χ4v) is 2.60. The SMILES string of the molecule is O=C(O)c1ccnnc1N1CCc2ccccc2CC1. The fourth-order valence-electron chi connectivity index (χ4n) is 2.60. The van der Waals surface area contributed by atoms with Gasteiger partial charge in [0.25, 0.3) is 0 Å². The van der Waals surface area contributed by atoms with Gasteiger partial charge in [-0.2, -0.15) is 5.10 Å². The molecule has 1 N–H and O–H groups in total. The van der Waals surface area contributed by atoms with Gasteiger partial charge in [0.2, 0.25) is 0 Å². The minimum atomic E-state index is -0.961. The second kappa shape index (κ2) is 5.28. The van der Waals surface area contributed by atoms with Crippen LogP contribution in [0.2, 0.25) is 0 Å². The molecule has 0 unspecified atom stereocenters. The van der Waals surface area contributed by atoms with Crippen molar-refractivity contribution >= 4 is 11.8 Å². The summed E-state index contributed by atoms with van der Waals surface area (Å²) >= 11 is 0. The number of carboxylic acid groups (broad SMARTS) is 1. The predicted molar refractivity (Wildman–Crippen MR) is 75.1 cm³/mol. The Morgan fingerprint density at radius 3 is 2.35 bits per heavy atom. The van der Waals surface area contributed by atoms with E-state index in [0.717, 1.165) is 25.9 Å². The normalized spacial score (nSPS) is 14.5. The first kappa shape index (κ1) is 12.6. The van der Waals surface area contributed by atoms with Gasteiger partial charge in [0.15, 0.2) is 5.82 Å². The van der Waals surface area contributed by atoms with E-state index < -0.39 is 5.97 Å². The van der Waals surface area contributed by atoms with Crippen molar-refractivity contribution in [2.75, 3.05) is 18.0 Å². The van der Waals surface area contributed by atoms with Crippen LogP contribution in [0.4, 0.5) is 5.82 Å². The molecule has 5 nitrogen and oxygen atoms in total. The molecule has 1 aromatic carbocycles. The molecule has 102 valence electrons.